The third-order valence-corrected chi connectivity index (χ3v) is 4.98. The van der Waals surface area contributed by atoms with Gasteiger partial charge in [-0.3, -0.25) is 9.79 Å². The maximum atomic E-state index is 11.7. The van der Waals surface area contributed by atoms with Gasteiger partial charge in [-0.2, -0.15) is 0 Å². The van der Waals surface area contributed by atoms with Gasteiger partial charge in [0.15, 0.2) is 5.96 Å². The quantitative estimate of drug-likeness (QED) is 0.497. The summed E-state index contributed by atoms with van der Waals surface area (Å²) in [7, 11) is 5.17. The first kappa shape index (κ1) is 19.2. The molecule has 0 aliphatic heterocycles. The average Bonchev–Trinajstić information content (AvgIpc) is 2.62. The van der Waals surface area contributed by atoms with E-state index in [1.54, 1.807) is 21.2 Å². The van der Waals surface area contributed by atoms with Gasteiger partial charge in [0.1, 0.15) is 0 Å². The molecule has 0 unspecified atom stereocenters. The van der Waals surface area contributed by atoms with E-state index in [1.807, 2.05) is 24.3 Å². The monoisotopic (exact) mass is 346 g/mol. The number of aliphatic imine (C=N–C) groups is 1. The molecule has 0 spiro atoms. The maximum Gasteiger partial charge on any atom is 0.251 e. The van der Waals surface area contributed by atoms with Gasteiger partial charge in [0, 0.05) is 46.5 Å². The van der Waals surface area contributed by atoms with Crippen molar-refractivity contribution in [1.29, 1.82) is 0 Å². The first-order chi connectivity index (χ1) is 12.1. The number of hydrogen-bond acceptors (Lipinski definition) is 3. The lowest BCUT2D eigenvalue weighted by molar-refractivity contribution is 0.0732. The van der Waals surface area contributed by atoms with Crippen molar-refractivity contribution in [2.45, 2.75) is 32.2 Å². The molecule has 2 rings (SSSR count). The van der Waals surface area contributed by atoms with Gasteiger partial charge in [-0.25, -0.2) is 0 Å². The lowest BCUT2D eigenvalue weighted by Crippen LogP contribution is -2.46. The van der Waals surface area contributed by atoms with Crippen LogP contribution in [-0.4, -0.2) is 46.2 Å². The minimum Gasteiger partial charge on any atom is -0.385 e. The maximum absolute atomic E-state index is 11.7. The smallest absolute Gasteiger partial charge is 0.251 e. The number of nitrogens with one attached hydrogen (secondary N) is 3. The SMILES string of the molecule is CN=C(NCc1cccc(C(=O)NC)c1)NCC1(CCOC)CCC1. The Bertz CT molecular complexity index is 597. The van der Waals surface area contributed by atoms with Gasteiger partial charge in [0.25, 0.3) is 5.91 Å². The number of amides is 1. The topological polar surface area (TPSA) is 74.8 Å². The minimum atomic E-state index is -0.0746. The van der Waals surface area contributed by atoms with E-state index in [9.17, 15) is 4.79 Å². The van der Waals surface area contributed by atoms with Crippen molar-refractivity contribution < 1.29 is 9.53 Å². The van der Waals surface area contributed by atoms with Crippen LogP contribution in [0.5, 0.6) is 0 Å². The highest BCUT2D eigenvalue weighted by Gasteiger charge is 2.36. The van der Waals surface area contributed by atoms with E-state index in [0.29, 0.717) is 17.5 Å². The molecule has 1 amide bonds. The number of ether oxygens (including phenoxy) is 1. The van der Waals surface area contributed by atoms with E-state index in [0.717, 1.165) is 31.1 Å². The van der Waals surface area contributed by atoms with Gasteiger partial charge in [-0.15, -0.1) is 0 Å². The van der Waals surface area contributed by atoms with Crippen LogP contribution in [0.3, 0.4) is 0 Å². The molecule has 6 nitrogen and oxygen atoms in total. The fraction of sp³-hybridized carbons (Fsp3) is 0.579. The Hall–Kier alpha value is -2.08. The average molecular weight is 346 g/mol. The van der Waals surface area contributed by atoms with Crippen LogP contribution in [0.25, 0.3) is 0 Å². The van der Waals surface area contributed by atoms with Crippen LogP contribution >= 0.6 is 0 Å². The summed E-state index contributed by atoms with van der Waals surface area (Å²) in [6, 6.07) is 7.60. The Labute approximate surface area is 150 Å². The second kappa shape index (κ2) is 9.42. The van der Waals surface area contributed by atoms with Crippen LogP contribution in [0, 0.1) is 5.41 Å². The van der Waals surface area contributed by atoms with Gasteiger partial charge in [-0.05, 0) is 42.4 Å². The van der Waals surface area contributed by atoms with Crippen molar-refractivity contribution >= 4 is 11.9 Å². The largest absolute Gasteiger partial charge is 0.385 e. The van der Waals surface area contributed by atoms with Crippen molar-refractivity contribution in [2.24, 2.45) is 10.4 Å². The first-order valence-corrected chi connectivity index (χ1v) is 8.87. The van der Waals surface area contributed by atoms with E-state index in [2.05, 4.69) is 20.9 Å². The molecule has 0 aromatic heterocycles. The summed E-state index contributed by atoms with van der Waals surface area (Å²) >= 11 is 0. The molecule has 0 atom stereocenters. The van der Waals surface area contributed by atoms with Crippen LogP contribution in [0.1, 0.15) is 41.6 Å². The van der Waals surface area contributed by atoms with E-state index in [-0.39, 0.29) is 5.91 Å². The zero-order chi connectivity index (χ0) is 18.1. The standard InChI is InChI=1S/C19H30N4O2/c1-20-17(24)16-7-4-6-15(12-16)13-22-18(21-2)23-14-19(8-5-9-19)10-11-25-3/h4,6-7,12H,5,8-11,13-14H2,1-3H3,(H,20,24)(H2,21,22,23). The van der Waals surface area contributed by atoms with E-state index < -0.39 is 0 Å². The second-order valence-corrected chi connectivity index (χ2v) is 6.66. The molecule has 0 heterocycles. The Kier molecular flexibility index (Phi) is 7.25. The number of benzene rings is 1. The van der Waals surface area contributed by atoms with Crippen molar-refractivity contribution in [3.8, 4) is 0 Å². The summed E-state index contributed by atoms with van der Waals surface area (Å²) in [5.74, 6) is 0.712. The highest BCUT2D eigenvalue weighted by Crippen LogP contribution is 2.43. The normalized spacial score (nSPS) is 16.0. The lowest BCUT2D eigenvalue weighted by Gasteiger charge is -2.42. The molecular formula is C19H30N4O2. The lowest BCUT2D eigenvalue weighted by atomic mass is 9.67. The molecule has 1 saturated carbocycles. The van der Waals surface area contributed by atoms with Crippen molar-refractivity contribution in [3.63, 3.8) is 0 Å². The number of hydrogen-bond donors (Lipinski definition) is 3. The van der Waals surface area contributed by atoms with Crippen molar-refractivity contribution in [3.05, 3.63) is 35.4 Å². The Morgan fingerprint density at radius 2 is 2.12 bits per heavy atom. The molecule has 3 N–H and O–H groups in total. The van der Waals surface area contributed by atoms with E-state index in [4.69, 9.17) is 4.74 Å². The summed E-state index contributed by atoms with van der Waals surface area (Å²) in [4.78, 5) is 16.0. The van der Waals surface area contributed by atoms with E-state index >= 15 is 0 Å². The molecular weight excluding hydrogens is 316 g/mol. The molecule has 1 aliphatic rings. The van der Waals surface area contributed by atoms with Gasteiger partial charge >= 0.3 is 0 Å². The van der Waals surface area contributed by atoms with Gasteiger partial charge < -0.3 is 20.7 Å². The third kappa shape index (κ3) is 5.46. The van der Waals surface area contributed by atoms with Crippen molar-refractivity contribution in [1.82, 2.24) is 16.0 Å². The number of guanidine groups is 1. The predicted octanol–water partition coefficient (Wildman–Crippen LogP) is 1.92. The number of carbonyl (C=O) groups excluding carboxylic acids is 1. The second-order valence-electron chi connectivity index (χ2n) is 6.66. The fourth-order valence-corrected chi connectivity index (χ4v) is 3.15. The molecule has 0 radical (unpaired) electrons. The number of methoxy groups -OCH3 is 1. The zero-order valence-electron chi connectivity index (χ0n) is 15.5. The summed E-state index contributed by atoms with van der Waals surface area (Å²) in [6.45, 7) is 2.34. The molecule has 6 heteroatoms. The van der Waals surface area contributed by atoms with Crippen LogP contribution in [0.15, 0.2) is 29.3 Å². The van der Waals surface area contributed by atoms with Gasteiger partial charge in [-0.1, -0.05) is 18.6 Å². The molecule has 1 aromatic carbocycles. The van der Waals surface area contributed by atoms with E-state index in [1.165, 1.54) is 19.3 Å². The Morgan fingerprint density at radius 1 is 1.32 bits per heavy atom. The molecule has 138 valence electrons. The molecule has 0 saturated heterocycles. The highest BCUT2D eigenvalue weighted by atomic mass is 16.5. The first-order valence-electron chi connectivity index (χ1n) is 8.87. The minimum absolute atomic E-state index is 0.0746. The summed E-state index contributed by atoms with van der Waals surface area (Å²) in [5, 5.41) is 9.41. The molecule has 0 bridgehead atoms. The number of carbonyl (C=O) groups is 1. The van der Waals surface area contributed by atoms with Crippen LogP contribution in [0.2, 0.25) is 0 Å². The summed E-state index contributed by atoms with van der Waals surface area (Å²) in [6.07, 6.45) is 4.87. The Morgan fingerprint density at radius 3 is 2.72 bits per heavy atom. The predicted molar refractivity (Wildman–Crippen MR) is 101 cm³/mol. The van der Waals surface area contributed by atoms with Crippen LogP contribution in [0.4, 0.5) is 0 Å². The third-order valence-electron chi connectivity index (χ3n) is 4.98. The summed E-state index contributed by atoms with van der Waals surface area (Å²) < 4.78 is 5.25. The Balaban J connectivity index is 1.85. The van der Waals surface area contributed by atoms with Crippen LogP contribution in [-0.2, 0) is 11.3 Å². The highest BCUT2D eigenvalue weighted by molar-refractivity contribution is 5.94. The molecule has 1 aromatic rings. The molecule has 1 aliphatic carbocycles. The molecule has 25 heavy (non-hydrogen) atoms. The van der Waals surface area contributed by atoms with Crippen molar-refractivity contribution in [2.75, 3.05) is 34.4 Å². The fourth-order valence-electron chi connectivity index (χ4n) is 3.15. The molecule has 1 fully saturated rings. The number of rotatable bonds is 8. The van der Waals surface area contributed by atoms with Gasteiger partial charge in [0.2, 0.25) is 0 Å². The zero-order valence-corrected chi connectivity index (χ0v) is 15.5. The van der Waals surface area contributed by atoms with Gasteiger partial charge in [0.05, 0.1) is 0 Å². The number of nitrogens with zero attached hydrogens (tertiary/aromatic N) is 1. The van der Waals surface area contributed by atoms with Crippen LogP contribution < -0.4 is 16.0 Å². The summed E-state index contributed by atoms with van der Waals surface area (Å²) in [5.41, 5.74) is 2.05.